The molecule has 0 amide bonds. The van der Waals surface area contributed by atoms with E-state index in [0.29, 0.717) is 28.5 Å². The molecule has 6 heteroatoms. The zero-order chi connectivity index (χ0) is 14.9. The van der Waals surface area contributed by atoms with Crippen molar-refractivity contribution < 1.29 is 19.4 Å². The van der Waals surface area contributed by atoms with Crippen molar-refractivity contribution in [3.8, 4) is 0 Å². The van der Waals surface area contributed by atoms with E-state index in [9.17, 15) is 9.90 Å². The fourth-order valence-corrected chi connectivity index (χ4v) is 2.61. The van der Waals surface area contributed by atoms with E-state index in [-0.39, 0.29) is 11.5 Å². The molecule has 1 aliphatic rings. The maximum absolute atomic E-state index is 11.4. The molecular weight excluding hydrogens is 303 g/mol. The maximum Gasteiger partial charge on any atom is 0.375 e. The van der Waals surface area contributed by atoms with Crippen LogP contribution in [0.1, 0.15) is 32.3 Å². The van der Waals surface area contributed by atoms with Crippen LogP contribution in [0.2, 0.25) is 10.0 Å². The Balaban J connectivity index is 2.57. The average Bonchev–Trinajstić information content (AvgIpc) is 2.79. The Kier molecular flexibility index (Phi) is 4.16. The molecule has 0 fully saturated rings. The predicted molar refractivity (Wildman–Crippen MR) is 76.5 cm³/mol. The number of hydrogen-bond acceptors (Lipinski definition) is 3. The molecular formula is C14H14Cl2O4. The standard InChI is InChI=1S/C14H14Cl2O4/c1-3-14(4-2)19-11(12(20-14)13(17)18)10-8(15)6-5-7-9(10)16/h5-7H,3-4H2,1-2H3,(H,17,18). The van der Waals surface area contributed by atoms with Crippen LogP contribution in [0.3, 0.4) is 0 Å². The number of carbonyl (C=O) groups is 1. The second-order valence-electron chi connectivity index (χ2n) is 4.38. The molecule has 1 heterocycles. The monoisotopic (exact) mass is 316 g/mol. The number of rotatable bonds is 4. The molecule has 1 aliphatic heterocycles. The maximum atomic E-state index is 11.4. The molecule has 0 aliphatic carbocycles. The molecule has 0 atom stereocenters. The van der Waals surface area contributed by atoms with E-state index in [0.717, 1.165) is 0 Å². The third-order valence-corrected chi connectivity index (χ3v) is 3.87. The summed E-state index contributed by atoms with van der Waals surface area (Å²) in [5.41, 5.74) is 0.344. The van der Waals surface area contributed by atoms with Crippen LogP contribution in [-0.2, 0) is 14.3 Å². The van der Waals surface area contributed by atoms with Crippen LogP contribution in [0.4, 0.5) is 0 Å². The van der Waals surface area contributed by atoms with Crippen molar-refractivity contribution in [2.24, 2.45) is 0 Å². The Morgan fingerprint density at radius 1 is 1.20 bits per heavy atom. The largest absolute Gasteiger partial charge is 0.475 e. The highest BCUT2D eigenvalue weighted by Gasteiger charge is 2.44. The van der Waals surface area contributed by atoms with Crippen molar-refractivity contribution in [2.45, 2.75) is 32.5 Å². The molecule has 20 heavy (non-hydrogen) atoms. The number of carboxylic acid groups (broad SMARTS) is 1. The van der Waals surface area contributed by atoms with Crippen molar-refractivity contribution >= 4 is 34.9 Å². The number of carboxylic acids is 1. The lowest BCUT2D eigenvalue weighted by Gasteiger charge is -2.26. The van der Waals surface area contributed by atoms with E-state index < -0.39 is 11.8 Å². The van der Waals surface area contributed by atoms with Gasteiger partial charge in [0.1, 0.15) is 0 Å². The lowest BCUT2D eigenvalue weighted by Crippen LogP contribution is -2.29. The number of ether oxygens (including phenoxy) is 2. The van der Waals surface area contributed by atoms with Crippen LogP contribution in [0.15, 0.2) is 24.0 Å². The second-order valence-corrected chi connectivity index (χ2v) is 5.20. The Bertz CT molecular complexity index is 556. The summed E-state index contributed by atoms with van der Waals surface area (Å²) in [6.07, 6.45) is 1.01. The Labute approximate surface area is 126 Å². The van der Waals surface area contributed by atoms with E-state index in [4.69, 9.17) is 32.7 Å². The lowest BCUT2D eigenvalue weighted by atomic mass is 10.1. The first-order chi connectivity index (χ1) is 9.44. The summed E-state index contributed by atoms with van der Waals surface area (Å²) in [6.45, 7) is 3.72. The first-order valence-corrected chi connectivity index (χ1v) is 6.99. The average molecular weight is 317 g/mol. The lowest BCUT2D eigenvalue weighted by molar-refractivity contribution is -0.162. The van der Waals surface area contributed by atoms with E-state index in [1.165, 1.54) is 0 Å². The van der Waals surface area contributed by atoms with E-state index in [2.05, 4.69) is 0 Å². The molecule has 1 aromatic rings. The topological polar surface area (TPSA) is 55.8 Å². The first-order valence-electron chi connectivity index (χ1n) is 6.24. The van der Waals surface area contributed by atoms with Crippen LogP contribution in [0, 0.1) is 0 Å². The summed E-state index contributed by atoms with van der Waals surface area (Å²) in [6, 6.07) is 4.92. The number of benzene rings is 1. The molecule has 0 saturated carbocycles. The van der Waals surface area contributed by atoms with Gasteiger partial charge in [0.05, 0.1) is 15.6 Å². The molecule has 2 rings (SSSR count). The van der Waals surface area contributed by atoms with Crippen LogP contribution in [0.5, 0.6) is 0 Å². The summed E-state index contributed by atoms with van der Waals surface area (Å²) in [4.78, 5) is 11.4. The number of hydrogen-bond donors (Lipinski definition) is 1. The third kappa shape index (κ3) is 2.45. The predicted octanol–water partition coefficient (Wildman–Crippen LogP) is 4.31. The number of halogens is 2. The minimum Gasteiger partial charge on any atom is -0.475 e. The SMILES string of the molecule is CCC1(CC)OC(C(=O)O)=C(c2c(Cl)cccc2Cl)O1. The summed E-state index contributed by atoms with van der Waals surface area (Å²) in [5.74, 6) is -2.37. The van der Waals surface area contributed by atoms with E-state index >= 15 is 0 Å². The summed E-state index contributed by atoms with van der Waals surface area (Å²) in [7, 11) is 0. The van der Waals surface area contributed by atoms with Crippen molar-refractivity contribution in [3.63, 3.8) is 0 Å². The fourth-order valence-electron chi connectivity index (χ4n) is 2.04. The fraction of sp³-hybridized carbons (Fsp3) is 0.357. The van der Waals surface area contributed by atoms with Gasteiger partial charge < -0.3 is 14.6 Å². The van der Waals surface area contributed by atoms with Gasteiger partial charge in [-0.15, -0.1) is 0 Å². The van der Waals surface area contributed by atoms with Crippen LogP contribution < -0.4 is 0 Å². The van der Waals surface area contributed by atoms with Crippen molar-refractivity contribution in [3.05, 3.63) is 39.6 Å². The van der Waals surface area contributed by atoms with E-state index in [1.807, 2.05) is 13.8 Å². The molecule has 0 bridgehead atoms. The summed E-state index contributed by atoms with van der Waals surface area (Å²) >= 11 is 12.2. The van der Waals surface area contributed by atoms with Gasteiger partial charge in [0, 0.05) is 12.8 Å². The highest BCUT2D eigenvalue weighted by Crippen LogP contribution is 2.44. The zero-order valence-corrected chi connectivity index (χ0v) is 12.6. The zero-order valence-electron chi connectivity index (χ0n) is 11.1. The summed E-state index contributed by atoms with van der Waals surface area (Å²) in [5, 5.41) is 9.94. The van der Waals surface area contributed by atoms with Gasteiger partial charge in [-0.1, -0.05) is 43.1 Å². The third-order valence-electron chi connectivity index (χ3n) is 3.24. The minimum atomic E-state index is -1.21. The van der Waals surface area contributed by atoms with Crippen LogP contribution in [-0.4, -0.2) is 16.9 Å². The van der Waals surface area contributed by atoms with Gasteiger partial charge in [0.25, 0.3) is 11.5 Å². The molecule has 108 valence electrons. The van der Waals surface area contributed by atoms with Gasteiger partial charge in [0.15, 0.2) is 5.76 Å². The Hall–Kier alpha value is -1.39. The highest BCUT2D eigenvalue weighted by molar-refractivity contribution is 6.37. The molecule has 1 N–H and O–H groups in total. The minimum absolute atomic E-state index is 0.0804. The molecule has 0 unspecified atom stereocenters. The van der Waals surface area contributed by atoms with Gasteiger partial charge in [0.2, 0.25) is 0 Å². The van der Waals surface area contributed by atoms with Gasteiger partial charge in [-0.2, -0.15) is 0 Å². The quantitative estimate of drug-likeness (QED) is 0.899. The molecule has 0 aromatic heterocycles. The Morgan fingerprint density at radius 3 is 2.20 bits per heavy atom. The molecule has 4 nitrogen and oxygen atoms in total. The Morgan fingerprint density at radius 2 is 1.75 bits per heavy atom. The molecule has 0 spiro atoms. The first kappa shape index (κ1) is 15.0. The smallest absolute Gasteiger partial charge is 0.375 e. The summed E-state index contributed by atoms with van der Waals surface area (Å²) < 4.78 is 11.3. The highest BCUT2D eigenvalue weighted by atomic mass is 35.5. The van der Waals surface area contributed by atoms with Gasteiger partial charge >= 0.3 is 5.97 Å². The van der Waals surface area contributed by atoms with Gasteiger partial charge in [-0.3, -0.25) is 0 Å². The van der Waals surface area contributed by atoms with Crippen molar-refractivity contribution in [1.29, 1.82) is 0 Å². The molecule has 0 saturated heterocycles. The van der Waals surface area contributed by atoms with Crippen LogP contribution >= 0.6 is 23.2 Å². The van der Waals surface area contributed by atoms with Gasteiger partial charge in [-0.25, -0.2) is 4.79 Å². The second kappa shape index (κ2) is 5.54. The van der Waals surface area contributed by atoms with Crippen molar-refractivity contribution in [2.75, 3.05) is 0 Å². The number of aliphatic carboxylic acids is 1. The van der Waals surface area contributed by atoms with E-state index in [1.54, 1.807) is 18.2 Å². The molecule has 0 radical (unpaired) electrons. The molecule has 1 aromatic carbocycles. The normalized spacial score (nSPS) is 16.8. The van der Waals surface area contributed by atoms with Crippen molar-refractivity contribution in [1.82, 2.24) is 0 Å². The van der Waals surface area contributed by atoms with Gasteiger partial charge in [-0.05, 0) is 12.1 Å². The van der Waals surface area contributed by atoms with Crippen LogP contribution in [0.25, 0.3) is 5.76 Å².